The van der Waals surface area contributed by atoms with Crippen molar-refractivity contribution in [1.82, 2.24) is 10.2 Å². The molecule has 28 heavy (non-hydrogen) atoms. The zero-order valence-corrected chi connectivity index (χ0v) is 17.4. The van der Waals surface area contributed by atoms with Gasteiger partial charge in [0.05, 0.1) is 17.1 Å². The van der Waals surface area contributed by atoms with Gasteiger partial charge in [-0.25, -0.2) is 4.79 Å². The molecule has 0 atom stereocenters. The van der Waals surface area contributed by atoms with Crippen LogP contribution in [-0.2, 0) is 4.79 Å². The fourth-order valence-electron chi connectivity index (χ4n) is 2.20. The predicted octanol–water partition coefficient (Wildman–Crippen LogP) is 5.08. The first-order chi connectivity index (χ1) is 13.4. The third kappa shape index (κ3) is 4.67. The fraction of sp³-hybridized carbons (Fsp3) is 0.0556. The number of carboxylic acid groups (broad SMARTS) is 1. The SMILES string of the molecule is COc1ccc(Cl)cc1-c1nnc(S/C(=C\c2ccc(O)c(Br)c2)C(=O)O)o1. The minimum absolute atomic E-state index is 0.0363. The van der Waals surface area contributed by atoms with E-state index in [1.807, 2.05) is 0 Å². The number of phenolic OH excluding ortho intramolecular Hbond substituents is 1. The van der Waals surface area contributed by atoms with Crippen LogP contribution in [0, 0.1) is 0 Å². The molecule has 3 rings (SSSR count). The molecule has 0 spiro atoms. The van der Waals surface area contributed by atoms with Crippen molar-refractivity contribution >= 4 is 51.3 Å². The number of benzene rings is 2. The molecule has 0 radical (unpaired) electrons. The Hall–Kier alpha value is -2.49. The number of halogens is 2. The fourth-order valence-corrected chi connectivity index (χ4v) is 3.44. The Balaban J connectivity index is 1.90. The van der Waals surface area contributed by atoms with Crippen molar-refractivity contribution < 1.29 is 24.2 Å². The second-order valence-corrected chi connectivity index (χ2v) is 7.63. The lowest BCUT2D eigenvalue weighted by molar-refractivity contribution is -0.131. The third-order valence-electron chi connectivity index (χ3n) is 3.48. The van der Waals surface area contributed by atoms with Gasteiger partial charge in [-0.2, -0.15) is 0 Å². The first-order valence-electron chi connectivity index (χ1n) is 7.66. The molecule has 0 saturated carbocycles. The molecule has 0 aliphatic heterocycles. The number of hydrogen-bond donors (Lipinski definition) is 2. The summed E-state index contributed by atoms with van der Waals surface area (Å²) in [5.74, 6) is -0.459. The summed E-state index contributed by atoms with van der Waals surface area (Å²) >= 11 is 10.0. The molecule has 0 unspecified atom stereocenters. The number of carboxylic acids is 1. The molecule has 3 aromatic rings. The van der Waals surface area contributed by atoms with Gasteiger partial charge < -0.3 is 19.4 Å². The van der Waals surface area contributed by atoms with E-state index < -0.39 is 5.97 Å². The highest BCUT2D eigenvalue weighted by Gasteiger charge is 2.18. The summed E-state index contributed by atoms with van der Waals surface area (Å²) in [6.45, 7) is 0. The molecular formula is C18H12BrClN2O5S. The van der Waals surface area contributed by atoms with E-state index in [4.69, 9.17) is 20.8 Å². The number of aliphatic carboxylic acids is 1. The third-order valence-corrected chi connectivity index (χ3v) is 5.20. The molecule has 0 aliphatic rings. The standard InChI is InChI=1S/C18H12BrClN2O5S/c1-26-14-5-3-10(20)8-11(14)16-21-22-18(27-16)28-15(17(24)25)7-9-2-4-13(23)12(19)6-9/h2-8,23H,1H3,(H,24,25)/b15-7-. The second-order valence-electron chi connectivity index (χ2n) is 5.34. The Bertz CT molecular complexity index is 1070. The van der Waals surface area contributed by atoms with Crippen LogP contribution in [-0.4, -0.2) is 33.5 Å². The maximum atomic E-state index is 11.6. The normalized spacial score (nSPS) is 11.5. The van der Waals surface area contributed by atoms with E-state index in [1.54, 1.807) is 30.3 Å². The molecule has 0 saturated heterocycles. The van der Waals surface area contributed by atoms with Crippen molar-refractivity contribution in [2.24, 2.45) is 0 Å². The predicted molar refractivity (Wildman–Crippen MR) is 109 cm³/mol. The average molecular weight is 484 g/mol. The number of aromatic nitrogens is 2. The van der Waals surface area contributed by atoms with E-state index in [2.05, 4.69) is 26.1 Å². The van der Waals surface area contributed by atoms with Crippen molar-refractivity contribution in [2.75, 3.05) is 7.11 Å². The molecule has 144 valence electrons. The van der Waals surface area contributed by atoms with Crippen LogP contribution < -0.4 is 4.74 Å². The highest BCUT2D eigenvalue weighted by Crippen LogP contribution is 2.35. The summed E-state index contributed by atoms with van der Waals surface area (Å²) < 4.78 is 11.3. The molecular weight excluding hydrogens is 472 g/mol. The Morgan fingerprint density at radius 2 is 2.07 bits per heavy atom. The number of rotatable bonds is 6. The summed E-state index contributed by atoms with van der Waals surface area (Å²) in [5, 5.41) is 27.4. The lowest BCUT2D eigenvalue weighted by atomic mass is 10.2. The maximum Gasteiger partial charge on any atom is 0.342 e. The first kappa shape index (κ1) is 20.2. The van der Waals surface area contributed by atoms with Crippen molar-refractivity contribution in [3.8, 4) is 23.0 Å². The molecule has 2 N–H and O–H groups in total. The second kappa shape index (κ2) is 8.68. The maximum absolute atomic E-state index is 11.6. The van der Waals surface area contributed by atoms with Gasteiger partial charge in [0.1, 0.15) is 16.4 Å². The van der Waals surface area contributed by atoms with Gasteiger partial charge in [-0.05, 0) is 69.7 Å². The minimum Gasteiger partial charge on any atom is -0.507 e. The summed E-state index contributed by atoms with van der Waals surface area (Å²) in [5.41, 5.74) is 1.07. The molecule has 1 aromatic heterocycles. The van der Waals surface area contributed by atoms with Gasteiger partial charge in [0.25, 0.3) is 11.1 Å². The van der Waals surface area contributed by atoms with E-state index in [-0.39, 0.29) is 21.8 Å². The Morgan fingerprint density at radius 3 is 2.75 bits per heavy atom. The largest absolute Gasteiger partial charge is 0.507 e. The number of aromatic hydroxyl groups is 1. The molecule has 1 heterocycles. The van der Waals surface area contributed by atoms with Gasteiger partial charge >= 0.3 is 5.97 Å². The van der Waals surface area contributed by atoms with Crippen LogP contribution in [0.15, 0.2) is 55.4 Å². The van der Waals surface area contributed by atoms with Crippen molar-refractivity contribution in [2.45, 2.75) is 5.22 Å². The van der Waals surface area contributed by atoms with Gasteiger partial charge in [-0.15, -0.1) is 10.2 Å². The van der Waals surface area contributed by atoms with E-state index in [0.717, 1.165) is 11.8 Å². The van der Waals surface area contributed by atoms with Gasteiger partial charge in [0.2, 0.25) is 0 Å². The van der Waals surface area contributed by atoms with Gasteiger partial charge in [0.15, 0.2) is 0 Å². The first-order valence-corrected chi connectivity index (χ1v) is 9.65. The highest BCUT2D eigenvalue weighted by molar-refractivity contribution is 9.10. The van der Waals surface area contributed by atoms with Crippen LogP contribution in [0.3, 0.4) is 0 Å². The Kier molecular flexibility index (Phi) is 6.28. The number of ether oxygens (including phenoxy) is 1. The van der Waals surface area contributed by atoms with Gasteiger partial charge in [-0.1, -0.05) is 17.7 Å². The van der Waals surface area contributed by atoms with E-state index in [1.165, 1.54) is 19.3 Å². The average Bonchev–Trinajstić information content (AvgIpc) is 3.12. The summed E-state index contributed by atoms with van der Waals surface area (Å²) in [6.07, 6.45) is 1.43. The number of phenols is 1. The smallest absolute Gasteiger partial charge is 0.342 e. The molecule has 0 fully saturated rings. The quantitative estimate of drug-likeness (QED) is 0.369. The van der Waals surface area contributed by atoms with Crippen molar-refractivity contribution in [3.63, 3.8) is 0 Å². The molecule has 2 aromatic carbocycles. The van der Waals surface area contributed by atoms with Crippen LogP contribution in [0.5, 0.6) is 11.5 Å². The van der Waals surface area contributed by atoms with E-state index >= 15 is 0 Å². The van der Waals surface area contributed by atoms with E-state index in [9.17, 15) is 15.0 Å². The molecule has 10 heteroatoms. The van der Waals surface area contributed by atoms with Crippen LogP contribution in [0.1, 0.15) is 5.56 Å². The molecule has 0 amide bonds. The molecule has 0 bridgehead atoms. The highest BCUT2D eigenvalue weighted by atomic mass is 79.9. The number of carbonyl (C=O) groups is 1. The van der Waals surface area contributed by atoms with Crippen LogP contribution in [0.25, 0.3) is 17.5 Å². The summed E-state index contributed by atoms with van der Waals surface area (Å²) in [7, 11) is 1.50. The zero-order chi connectivity index (χ0) is 20.3. The number of thioether (sulfide) groups is 1. The Labute approximate surface area is 177 Å². The van der Waals surface area contributed by atoms with Gasteiger partial charge in [0, 0.05) is 5.02 Å². The topological polar surface area (TPSA) is 106 Å². The van der Waals surface area contributed by atoms with E-state index in [0.29, 0.717) is 26.4 Å². The lowest BCUT2D eigenvalue weighted by Gasteiger charge is -2.04. The summed E-state index contributed by atoms with van der Waals surface area (Å²) in [6, 6.07) is 9.58. The molecule has 7 nitrogen and oxygen atoms in total. The number of methoxy groups -OCH3 is 1. The number of hydrogen-bond acceptors (Lipinski definition) is 7. The van der Waals surface area contributed by atoms with Crippen molar-refractivity contribution in [1.29, 1.82) is 0 Å². The zero-order valence-electron chi connectivity index (χ0n) is 14.2. The molecule has 0 aliphatic carbocycles. The van der Waals surface area contributed by atoms with Crippen LogP contribution >= 0.6 is 39.3 Å². The monoisotopic (exact) mass is 482 g/mol. The summed E-state index contributed by atoms with van der Waals surface area (Å²) in [4.78, 5) is 11.6. The Morgan fingerprint density at radius 1 is 1.29 bits per heavy atom. The van der Waals surface area contributed by atoms with Crippen LogP contribution in [0.4, 0.5) is 0 Å². The van der Waals surface area contributed by atoms with Crippen molar-refractivity contribution in [3.05, 3.63) is 56.4 Å². The van der Waals surface area contributed by atoms with Crippen LogP contribution in [0.2, 0.25) is 5.02 Å². The van der Waals surface area contributed by atoms with Gasteiger partial charge in [-0.3, -0.25) is 0 Å². The lowest BCUT2D eigenvalue weighted by Crippen LogP contribution is -1.96. The minimum atomic E-state index is -1.16. The number of nitrogens with zero attached hydrogens (tertiary/aromatic N) is 2.